The molecule has 2 atom stereocenters. The molecule has 0 aliphatic carbocycles. The van der Waals surface area contributed by atoms with Gasteiger partial charge < -0.3 is 15.5 Å². The summed E-state index contributed by atoms with van der Waals surface area (Å²) in [5.74, 6) is 0.595. The Kier molecular flexibility index (Phi) is 5.30. The minimum atomic E-state index is -0.497. The van der Waals surface area contributed by atoms with Crippen LogP contribution in [0, 0.1) is 0 Å². The fourth-order valence-electron chi connectivity index (χ4n) is 2.79. The van der Waals surface area contributed by atoms with Crippen LogP contribution >= 0.6 is 23.4 Å². The molecule has 2 heterocycles. The van der Waals surface area contributed by atoms with Crippen molar-refractivity contribution in [2.75, 3.05) is 11.6 Å². The van der Waals surface area contributed by atoms with E-state index in [0.29, 0.717) is 36.0 Å². The number of nitrogens with one attached hydrogen (secondary N) is 2. The quantitative estimate of drug-likeness (QED) is 0.836. The zero-order valence-corrected chi connectivity index (χ0v) is 14.5. The molecule has 1 aromatic carbocycles. The number of halogens is 1. The van der Waals surface area contributed by atoms with E-state index >= 15 is 0 Å². The molecular formula is C16H18ClN3O3S. The molecule has 128 valence electrons. The summed E-state index contributed by atoms with van der Waals surface area (Å²) in [4.78, 5) is 37.8. The molecule has 1 aromatic rings. The Labute approximate surface area is 149 Å². The van der Waals surface area contributed by atoms with Crippen molar-refractivity contribution in [2.45, 2.75) is 31.5 Å². The van der Waals surface area contributed by atoms with E-state index in [4.69, 9.17) is 11.6 Å². The lowest BCUT2D eigenvalue weighted by Crippen LogP contribution is -2.52. The van der Waals surface area contributed by atoms with Crippen molar-refractivity contribution in [1.82, 2.24) is 15.5 Å². The SMILES string of the molecule is O=C1CC[C@H](C(=O)N2CSCC2C(=O)NCc2ccc(Cl)cc2)N1. The molecule has 2 N–H and O–H groups in total. The maximum Gasteiger partial charge on any atom is 0.246 e. The number of carbonyl (C=O) groups excluding carboxylic acids is 3. The first kappa shape index (κ1) is 17.1. The van der Waals surface area contributed by atoms with E-state index < -0.39 is 12.1 Å². The molecule has 0 aromatic heterocycles. The average Bonchev–Trinajstić information content (AvgIpc) is 3.22. The van der Waals surface area contributed by atoms with E-state index in [1.54, 1.807) is 28.8 Å². The first-order valence-corrected chi connectivity index (χ1v) is 9.27. The number of thioether (sulfide) groups is 1. The van der Waals surface area contributed by atoms with Gasteiger partial charge in [-0.3, -0.25) is 14.4 Å². The Hall–Kier alpha value is -1.73. The second kappa shape index (κ2) is 7.44. The van der Waals surface area contributed by atoms with E-state index in [9.17, 15) is 14.4 Å². The summed E-state index contributed by atoms with van der Waals surface area (Å²) in [7, 11) is 0. The van der Waals surface area contributed by atoms with Crippen molar-refractivity contribution in [3.8, 4) is 0 Å². The fourth-order valence-corrected chi connectivity index (χ4v) is 4.08. The van der Waals surface area contributed by atoms with Crippen LogP contribution in [0.1, 0.15) is 18.4 Å². The molecule has 0 spiro atoms. The number of nitrogens with zero attached hydrogens (tertiary/aromatic N) is 1. The van der Waals surface area contributed by atoms with Crippen LogP contribution in [0.2, 0.25) is 5.02 Å². The molecule has 0 bridgehead atoms. The number of benzene rings is 1. The molecule has 2 fully saturated rings. The predicted octanol–water partition coefficient (Wildman–Crippen LogP) is 1.14. The van der Waals surface area contributed by atoms with Crippen LogP contribution in [-0.4, -0.2) is 46.3 Å². The molecule has 0 radical (unpaired) electrons. The maximum atomic E-state index is 12.5. The lowest BCUT2D eigenvalue weighted by molar-refractivity contribution is -0.139. The van der Waals surface area contributed by atoms with Crippen molar-refractivity contribution < 1.29 is 14.4 Å². The normalized spacial score (nSPS) is 23.2. The second-order valence-corrected chi connectivity index (χ2v) is 7.26. The third-order valence-corrected chi connectivity index (χ3v) is 5.41. The molecule has 3 rings (SSSR count). The zero-order chi connectivity index (χ0) is 17.1. The van der Waals surface area contributed by atoms with Crippen molar-refractivity contribution >= 4 is 41.1 Å². The van der Waals surface area contributed by atoms with Gasteiger partial charge in [0.2, 0.25) is 17.7 Å². The number of amides is 3. The topological polar surface area (TPSA) is 78.5 Å². The summed E-state index contributed by atoms with van der Waals surface area (Å²) >= 11 is 7.38. The van der Waals surface area contributed by atoms with Crippen molar-refractivity contribution in [3.63, 3.8) is 0 Å². The van der Waals surface area contributed by atoms with Gasteiger partial charge in [-0.05, 0) is 24.1 Å². The van der Waals surface area contributed by atoms with E-state index in [0.717, 1.165) is 5.56 Å². The van der Waals surface area contributed by atoms with Gasteiger partial charge >= 0.3 is 0 Å². The summed E-state index contributed by atoms with van der Waals surface area (Å²) < 4.78 is 0. The van der Waals surface area contributed by atoms with Crippen molar-refractivity contribution in [2.24, 2.45) is 0 Å². The highest BCUT2D eigenvalue weighted by molar-refractivity contribution is 7.99. The maximum absolute atomic E-state index is 12.5. The summed E-state index contributed by atoms with van der Waals surface area (Å²) in [6.07, 6.45) is 0.864. The van der Waals surface area contributed by atoms with Crippen LogP contribution in [-0.2, 0) is 20.9 Å². The van der Waals surface area contributed by atoms with E-state index in [1.165, 1.54) is 0 Å². The second-order valence-electron chi connectivity index (χ2n) is 5.83. The third-order valence-electron chi connectivity index (χ3n) is 4.14. The van der Waals surface area contributed by atoms with Crippen LogP contribution in [0.4, 0.5) is 0 Å². The van der Waals surface area contributed by atoms with Gasteiger partial charge in [0.1, 0.15) is 12.1 Å². The van der Waals surface area contributed by atoms with Gasteiger partial charge in [0.15, 0.2) is 0 Å². The highest BCUT2D eigenvalue weighted by Gasteiger charge is 2.39. The van der Waals surface area contributed by atoms with Gasteiger partial charge in [-0.15, -0.1) is 11.8 Å². The number of hydrogen-bond donors (Lipinski definition) is 2. The van der Waals surface area contributed by atoms with Crippen molar-refractivity contribution in [1.29, 1.82) is 0 Å². The van der Waals surface area contributed by atoms with Crippen LogP contribution < -0.4 is 10.6 Å². The highest BCUT2D eigenvalue weighted by Crippen LogP contribution is 2.24. The molecule has 8 heteroatoms. The Morgan fingerprint density at radius 2 is 2.08 bits per heavy atom. The lowest BCUT2D eigenvalue weighted by atomic mass is 10.1. The van der Waals surface area contributed by atoms with E-state index in [1.807, 2.05) is 12.1 Å². The van der Waals surface area contributed by atoms with Gasteiger partial charge in [0, 0.05) is 23.7 Å². The summed E-state index contributed by atoms with van der Waals surface area (Å²) in [6, 6.07) is 6.25. The standard InChI is InChI=1S/C16H18ClN3O3S/c17-11-3-1-10(2-4-11)7-18-15(22)13-8-24-9-20(13)16(23)12-5-6-14(21)19-12/h1-4,12-13H,5-9H2,(H,18,22)(H,19,21)/t12-,13?/m1/s1. The number of carbonyl (C=O) groups is 3. The van der Waals surface area contributed by atoms with E-state index in [-0.39, 0.29) is 17.7 Å². The Bertz CT molecular complexity index is 652. The lowest BCUT2D eigenvalue weighted by Gasteiger charge is -2.25. The zero-order valence-electron chi connectivity index (χ0n) is 13.0. The van der Waals surface area contributed by atoms with E-state index in [2.05, 4.69) is 10.6 Å². The average molecular weight is 368 g/mol. The molecule has 2 aliphatic heterocycles. The molecule has 2 saturated heterocycles. The first-order chi connectivity index (χ1) is 11.5. The Morgan fingerprint density at radius 1 is 1.33 bits per heavy atom. The molecule has 6 nitrogen and oxygen atoms in total. The monoisotopic (exact) mass is 367 g/mol. The van der Waals surface area contributed by atoms with Crippen LogP contribution in [0.25, 0.3) is 0 Å². The van der Waals surface area contributed by atoms with Gasteiger partial charge in [0.05, 0.1) is 5.88 Å². The Morgan fingerprint density at radius 3 is 2.75 bits per heavy atom. The predicted molar refractivity (Wildman–Crippen MR) is 92.4 cm³/mol. The highest BCUT2D eigenvalue weighted by atomic mass is 35.5. The Balaban J connectivity index is 1.58. The van der Waals surface area contributed by atoms with Crippen LogP contribution in [0.3, 0.4) is 0 Å². The molecule has 2 aliphatic rings. The largest absolute Gasteiger partial charge is 0.350 e. The van der Waals surface area contributed by atoms with Crippen LogP contribution in [0.15, 0.2) is 24.3 Å². The molecule has 24 heavy (non-hydrogen) atoms. The summed E-state index contributed by atoms with van der Waals surface area (Å²) in [6.45, 7) is 0.388. The number of hydrogen-bond acceptors (Lipinski definition) is 4. The summed E-state index contributed by atoms with van der Waals surface area (Å²) in [5, 5.41) is 6.18. The summed E-state index contributed by atoms with van der Waals surface area (Å²) in [5.41, 5.74) is 0.944. The molecule has 1 unspecified atom stereocenters. The fraction of sp³-hybridized carbons (Fsp3) is 0.438. The van der Waals surface area contributed by atoms with Crippen molar-refractivity contribution in [3.05, 3.63) is 34.9 Å². The van der Waals surface area contributed by atoms with Gasteiger partial charge in [-0.2, -0.15) is 0 Å². The minimum Gasteiger partial charge on any atom is -0.350 e. The van der Waals surface area contributed by atoms with Gasteiger partial charge in [-0.1, -0.05) is 23.7 Å². The minimum absolute atomic E-state index is 0.107. The third kappa shape index (κ3) is 3.84. The van der Waals surface area contributed by atoms with Gasteiger partial charge in [0.25, 0.3) is 0 Å². The first-order valence-electron chi connectivity index (χ1n) is 7.74. The molecule has 3 amide bonds. The smallest absolute Gasteiger partial charge is 0.246 e. The molecule has 0 saturated carbocycles. The van der Waals surface area contributed by atoms with Gasteiger partial charge in [-0.25, -0.2) is 0 Å². The molecular weight excluding hydrogens is 350 g/mol. The number of rotatable bonds is 4. The van der Waals surface area contributed by atoms with Crippen LogP contribution in [0.5, 0.6) is 0 Å².